The van der Waals surface area contributed by atoms with Crippen LogP contribution in [0.3, 0.4) is 0 Å². The summed E-state index contributed by atoms with van der Waals surface area (Å²) in [4.78, 5) is 26.3. The van der Waals surface area contributed by atoms with Crippen LogP contribution in [0.15, 0.2) is 0 Å². The van der Waals surface area contributed by atoms with Gasteiger partial charge in [-0.15, -0.1) is 0 Å². The molecule has 3 fully saturated rings. The van der Waals surface area contributed by atoms with E-state index in [1.165, 1.54) is 0 Å². The molecule has 5 nitrogen and oxygen atoms in total. The highest BCUT2D eigenvalue weighted by molar-refractivity contribution is 5.98. The highest BCUT2D eigenvalue weighted by Crippen LogP contribution is 2.33. The zero-order valence-electron chi connectivity index (χ0n) is 11.3. The van der Waals surface area contributed by atoms with Crippen LogP contribution in [0, 0.1) is 5.92 Å². The molecule has 0 atom stereocenters. The Labute approximate surface area is 113 Å². The molecule has 2 amide bonds. The predicted molar refractivity (Wildman–Crippen MR) is 69.5 cm³/mol. The van der Waals surface area contributed by atoms with Crippen molar-refractivity contribution in [2.75, 3.05) is 26.3 Å². The summed E-state index contributed by atoms with van der Waals surface area (Å²) in [5.41, 5.74) is -0.569. The molecule has 0 aromatic heterocycles. The van der Waals surface area contributed by atoms with Gasteiger partial charge in [-0.1, -0.05) is 12.8 Å². The van der Waals surface area contributed by atoms with Crippen molar-refractivity contribution < 1.29 is 14.3 Å². The van der Waals surface area contributed by atoms with Crippen molar-refractivity contribution in [1.29, 1.82) is 0 Å². The van der Waals surface area contributed by atoms with Crippen LogP contribution in [-0.4, -0.2) is 48.6 Å². The molecule has 1 aliphatic carbocycles. The molecule has 1 saturated carbocycles. The summed E-state index contributed by atoms with van der Waals surface area (Å²) in [6.07, 6.45) is 5.69. The van der Waals surface area contributed by atoms with E-state index in [1.54, 1.807) is 4.90 Å². The van der Waals surface area contributed by atoms with Crippen LogP contribution in [0.2, 0.25) is 0 Å². The maximum absolute atomic E-state index is 12.6. The standard InChI is InChI=1S/C14H22N2O3/c17-12-10-16(9-11-3-7-19-8-4-11)13(18)14(15-12)5-1-2-6-14/h11H,1-10H2,(H,15,17). The Morgan fingerprint density at radius 3 is 2.58 bits per heavy atom. The van der Waals surface area contributed by atoms with Gasteiger partial charge in [-0.05, 0) is 31.6 Å². The minimum Gasteiger partial charge on any atom is -0.381 e. The molecule has 0 aromatic carbocycles. The van der Waals surface area contributed by atoms with Crippen molar-refractivity contribution in [3.63, 3.8) is 0 Å². The van der Waals surface area contributed by atoms with Gasteiger partial charge in [0.25, 0.3) is 0 Å². The van der Waals surface area contributed by atoms with Gasteiger partial charge < -0.3 is 15.0 Å². The molecule has 1 N–H and O–H groups in total. The van der Waals surface area contributed by atoms with E-state index in [2.05, 4.69) is 5.32 Å². The van der Waals surface area contributed by atoms with Crippen molar-refractivity contribution >= 4 is 11.8 Å². The third-order valence-corrected chi connectivity index (χ3v) is 4.69. The Kier molecular flexibility index (Phi) is 3.48. The molecule has 106 valence electrons. The van der Waals surface area contributed by atoms with Gasteiger partial charge >= 0.3 is 0 Å². The number of rotatable bonds is 2. The molecule has 0 radical (unpaired) electrons. The van der Waals surface area contributed by atoms with Crippen LogP contribution in [0.4, 0.5) is 0 Å². The summed E-state index contributed by atoms with van der Waals surface area (Å²) >= 11 is 0. The molecule has 2 saturated heterocycles. The monoisotopic (exact) mass is 266 g/mol. The summed E-state index contributed by atoms with van der Waals surface area (Å²) in [6, 6.07) is 0. The molecular formula is C14H22N2O3. The Hall–Kier alpha value is -1.10. The maximum Gasteiger partial charge on any atom is 0.248 e. The number of ether oxygens (including phenoxy) is 1. The van der Waals surface area contributed by atoms with Gasteiger partial charge in [0.2, 0.25) is 11.8 Å². The fourth-order valence-corrected chi connectivity index (χ4v) is 3.61. The minimum absolute atomic E-state index is 0.00793. The molecule has 3 rings (SSSR count). The first-order valence-electron chi connectivity index (χ1n) is 7.38. The van der Waals surface area contributed by atoms with E-state index in [-0.39, 0.29) is 18.4 Å². The number of nitrogens with one attached hydrogen (secondary N) is 1. The van der Waals surface area contributed by atoms with E-state index >= 15 is 0 Å². The summed E-state index contributed by atoms with van der Waals surface area (Å²) in [7, 11) is 0. The smallest absolute Gasteiger partial charge is 0.248 e. The van der Waals surface area contributed by atoms with Crippen LogP contribution >= 0.6 is 0 Å². The van der Waals surface area contributed by atoms with Gasteiger partial charge in [-0.2, -0.15) is 0 Å². The van der Waals surface area contributed by atoms with Gasteiger partial charge in [-0.3, -0.25) is 9.59 Å². The van der Waals surface area contributed by atoms with Crippen LogP contribution in [0.5, 0.6) is 0 Å². The summed E-state index contributed by atoms with van der Waals surface area (Å²) in [5, 5.41) is 2.95. The van der Waals surface area contributed by atoms with Gasteiger partial charge in [0.05, 0.1) is 6.54 Å². The molecular weight excluding hydrogens is 244 g/mol. The lowest BCUT2D eigenvalue weighted by Crippen LogP contribution is -2.66. The van der Waals surface area contributed by atoms with Crippen molar-refractivity contribution in [1.82, 2.24) is 10.2 Å². The molecule has 0 unspecified atom stereocenters. The molecule has 3 aliphatic rings. The quantitative estimate of drug-likeness (QED) is 0.800. The van der Waals surface area contributed by atoms with Crippen molar-refractivity contribution in [2.45, 2.75) is 44.1 Å². The SMILES string of the molecule is O=C1CN(CC2CCOCC2)C(=O)C2(CCCC2)N1. The maximum atomic E-state index is 12.6. The van der Waals surface area contributed by atoms with Gasteiger partial charge in [0, 0.05) is 19.8 Å². The van der Waals surface area contributed by atoms with Crippen molar-refractivity contribution in [2.24, 2.45) is 5.92 Å². The Bertz CT molecular complexity index is 371. The molecule has 1 spiro atoms. The molecule has 5 heteroatoms. The minimum atomic E-state index is -0.569. The summed E-state index contributed by atoms with van der Waals surface area (Å²) in [5.74, 6) is 0.645. The third-order valence-electron chi connectivity index (χ3n) is 4.69. The van der Waals surface area contributed by atoms with E-state index in [4.69, 9.17) is 4.74 Å². The molecule has 2 heterocycles. The van der Waals surface area contributed by atoms with Gasteiger partial charge in [-0.25, -0.2) is 0 Å². The molecule has 0 bridgehead atoms. The molecule has 2 aliphatic heterocycles. The lowest BCUT2D eigenvalue weighted by atomic mass is 9.91. The number of nitrogens with zero attached hydrogens (tertiary/aromatic N) is 1. The number of carbonyl (C=O) groups is 2. The Morgan fingerprint density at radius 2 is 1.89 bits per heavy atom. The molecule has 0 aromatic rings. The van der Waals surface area contributed by atoms with E-state index in [9.17, 15) is 9.59 Å². The second-order valence-corrected chi connectivity index (χ2v) is 6.08. The predicted octanol–water partition coefficient (Wildman–Crippen LogP) is 0.684. The Balaban J connectivity index is 1.69. The number of amides is 2. The van der Waals surface area contributed by atoms with E-state index in [1.807, 2.05) is 0 Å². The topological polar surface area (TPSA) is 58.6 Å². The van der Waals surface area contributed by atoms with Gasteiger partial charge in [0.1, 0.15) is 5.54 Å². The van der Waals surface area contributed by atoms with Crippen molar-refractivity contribution in [3.8, 4) is 0 Å². The van der Waals surface area contributed by atoms with Gasteiger partial charge in [0.15, 0.2) is 0 Å². The van der Waals surface area contributed by atoms with Crippen molar-refractivity contribution in [3.05, 3.63) is 0 Å². The van der Waals surface area contributed by atoms with E-state index in [0.29, 0.717) is 5.92 Å². The first-order chi connectivity index (χ1) is 9.20. The van der Waals surface area contributed by atoms with E-state index < -0.39 is 5.54 Å². The highest BCUT2D eigenvalue weighted by atomic mass is 16.5. The zero-order chi connectivity index (χ0) is 13.3. The summed E-state index contributed by atoms with van der Waals surface area (Å²) < 4.78 is 5.35. The second kappa shape index (κ2) is 5.12. The van der Waals surface area contributed by atoms with E-state index in [0.717, 1.165) is 58.3 Å². The average Bonchev–Trinajstić information content (AvgIpc) is 2.86. The lowest BCUT2D eigenvalue weighted by Gasteiger charge is -2.41. The fraction of sp³-hybridized carbons (Fsp3) is 0.857. The zero-order valence-corrected chi connectivity index (χ0v) is 11.3. The number of carbonyl (C=O) groups excluding carboxylic acids is 2. The number of hydrogen-bond donors (Lipinski definition) is 1. The van der Waals surface area contributed by atoms with Crippen LogP contribution in [0.25, 0.3) is 0 Å². The highest BCUT2D eigenvalue weighted by Gasteiger charge is 2.48. The summed E-state index contributed by atoms with van der Waals surface area (Å²) in [6.45, 7) is 2.52. The lowest BCUT2D eigenvalue weighted by molar-refractivity contribution is -0.150. The number of piperazine rings is 1. The normalized spacial score (nSPS) is 27.9. The third kappa shape index (κ3) is 2.48. The fourth-order valence-electron chi connectivity index (χ4n) is 3.61. The second-order valence-electron chi connectivity index (χ2n) is 6.08. The largest absolute Gasteiger partial charge is 0.381 e. The molecule has 19 heavy (non-hydrogen) atoms. The Morgan fingerprint density at radius 1 is 1.21 bits per heavy atom. The van der Waals surface area contributed by atoms with Crippen LogP contribution in [0.1, 0.15) is 38.5 Å². The first-order valence-corrected chi connectivity index (χ1v) is 7.38. The number of hydrogen-bond acceptors (Lipinski definition) is 3. The van der Waals surface area contributed by atoms with Crippen LogP contribution < -0.4 is 5.32 Å². The van der Waals surface area contributed by atoms with Crippen LogP contribution in [-0.2, 0) is 14.3 Å². The average molecular weight is 266 g/mol. The first kappa shape index (κ1) is 12.9.